The average molecular weight is 286 g/mol. The zero-order chi connectivity index (χ0) is 15.0. The van der Waals surface area contributed by atoms with Gasteiger partial charge in [0.2, 0.25) is 0 Å². The maximum absolute atomic E-state index is 12.6. The number of Topliss-reactive ketones (excluding diaryl/α,β-unsaturated/α-hetero) is 1. The van der Waals surface area contributed by atoms with E-state index in [1.54, 1.807) is 6.92 Å². The molecule has 1 aliphatic heterocycles. The molecule has 2 atom stereocenters. The van der Waals surface area contributed by atoms with Crippen LogP contribution in [0.25, 0.3) is 0 Å². The number of benzene rings is 1. The van der Waals surface area contributed by atoms with E-state index in [2.05, 4.69) is 0 Å². The number of esters is 1. The van der Waals surface area contributed by atoms with Crippen molar-refractivity contribution in [3.63, 3.8) is 0 Å². The van der Waals surface area contributed by atoms with Crippen molar-refractivity contribution in [2.24, 2.45) is 5.92 Å². The lowest BCUT2D eigenvalue weighted by Gasteiger charge is -2.35. The summed E-state index contributed by atoms with van der Waals surface area (Å²) >= 11 is 0. The van der Waals surface area contributed by atoms with E-state index in [1.807, 2.05) is 31.2 Å². The second-order valence-electron chi connectivity index (χ2n) is 5.52. The Bertz CT molecular complexity index is 630. The minimum absolute atomic E-state index is 0.0659. The molecule has 0 N–H and O–H groups in total. The number of hydrogen-bond acceptors (Lipinski definition) is 4. The summed E-state index contributed by atoms with van der Waals surface area (Å²) in [6, 6.07) is 5.62. The number of fused-ring (bicyclic) bond motifs is 2. The summed E-state index contributed by atoms with van der Waals surface area (Å²) in [5.74, 6) is 0.119. The first-order valence-electron chi connectivity index (χ1n) is 7.27. The highest BCUT2D eigenvalue weighted by molar-refractivity contribution is 6.03. The predicted octanol–water partition coefficient (Wildman–Crippen LogP) is 2.84. The summed E-state index contributed by atoms with van der Waals surface area (Å²) in [6.45, 7) is 4.09. The number of rotatable bonds is 2. The molecule has 4 heteroatoms. The van der Waals surface area contributed by atoms with E-state index in [-0.39, 0.29) is 23.8 Å². The van der Waals surface area contributed by atoms with Gasteiger partial charge in [0.1, 0.15) is 11.9 Å². The Balaban J connectivity index is 1.86. The zero-order valence-corrected chi connectivity index (χ0v) is 12.2. The SMILES string of the molecule is CCOC(=O)C1=CC[C@H]2Oc3cc(C)ccc3C(=O)[C@@H]2C1. The smallest absolute Gasteiger partial charge is 0.333 e. The maximum atomic E-state index is 12.6. The molecule has 0 aromatic heterocycles. The average Bonchev–Trinajstić information content (AvgIpc) is 2.47. The molecule has 1 heterocycles. The fraction of sp³-hybridized carbons (Fsp3) is 0.412. The maximum Gasteiger partial charge on any atom is 0.333 e. The third kappa shape index (κ3) is 2.46. The molecule has 1 aromatic carbocycles. The van der Waals surface area contributed by atoms with Crippen molar-refractivity contribution in [3.8, 4) is 5.75 Å². The third-order valence-corrected chi connectivity index (χ3v) is 4.04. The minimum Gasteiger partial charge on any atom is -0.489 e. The lowest BCUT2D eigenvalue weighted by atomic mass is 9.79. The summed E-state index contributed by atoms with van der Waals surface area (Å²) in [5.41, 5.74) is 2.27. The van der Waals surface area contributed by atoms with E-state index in [0.717, 1.165) is 5.56 Å². The molecule has 4 nitrogen and oxygen atoms in total. The molecular weight excluding hydrogens is 268 g/mol. The first kappa shape index (κ1) is 13.9. The molecule has 0 saturated carbocycles. The van der Waals surface area contributed by atoms with E-state index in [4.69, 9.17) is 9.47 Å². The fourth-order valence-corrected chi connectivity index (χ4v) is 2.95. The van der Waals surface area contributed by atoms with Crippen LogP contribution in [0.1, 0.15) is 35.7 Å². The van der Waals surface area contributed by atoms with Crippen LogP contribution in [0.5, 0.6) is 5.75 Å². The number of carbonyl (C=O) groups is 2. The number of ether oxygens (including phenoxy) is 2. The van der Waals surface area contributed by atoms with E-state index in [1.165, 1.54) is 0 Å². The molecular formula is C17H18O4. The lowest BCUT2D eigenvalue weighted by molar-refractivity contribution is -0.138. The van der Waals surface area contributed by atoms with Crippen LogP contribution in [0, 0.1) is 12.8 Å². The van der Waals surface area contributed by atoms with Gasteiger partial charge in [-0.3, -0.25) is 4.79 Å². The van der Waals surface area contributed by atoms with Gasteiger partial charge in [-0.1, -0.05) is 12.1 Å². The molecule has 0 fully saturated rings. The highest BCUT2D eigenvalue weighted by atomic mass is 16.5. The van der Waals surface area contributed by atoms with Crippen molar-refractivity contribution < 1.29 is 19.1 Å². The second kappa shape index (κ2) is 5.35. The van der Waals surface area contributed by atoms with Gasteiger partial charge in [-0.25, -0.2) is 4.79 Å². The van der Waals surface area contributed by atoms with Crippen molar-refractivity contribution >= 4 is 11.8 Å². The molecule has 0 unspecified atom stereocenters. The van der Waals surface area contributed by atoms with Crippen LogP contribution in [-0.2, 0) is 9.53 Å². The van der Waals surface area contributed by atoms with E-state index in [9.17, 15) is 9.59 Å². The standard InChI is InChI=1S/C17H18O4/c1-3-20-17(19)11-5-7-14-13(9-11)16(18)12-6-4-10(2)8-15(12)21-14/h4-6,8,13-14H,3,7,9H2,1-2H3/t13-,14-/m1/s1. The largest absolute Gasteiger partial charge is 0.489 e. The van der Waals surface area contributed by atoms with E-state index >= 15 is 0 Å². The summed E-state index contributed by atoms with van der Waals surface area (Å²) in [7, 11) is 0. The fourth-order valence-electron chi connectivity index (χ4n) is 2.95. The number of ketones is 1. The molecule has 0 radical (unpaired) electrons. The molecule has 110 valence electrons. The van der Waals surface area contributed by atoms with Crippen LogP contribution >= 0.6 is 0 Å². The van der Waals surface area contributed by atoms with Crippen LogP contribution in [0.4, 0.5) is 0 Å². The molecule has 1 aromatic rings. The highest BCUT2D eigenvalue weighted by Gasteiger charge is 2.40. The quantitative estimate of drug-likeness (QED) is 0.784. The van der Waals surface area contributed by atoms with Gasteiger partial charge in [-0.15, -0.1) is 0 Å². The minimum atomic E-state index is -0.321. The summed E-state index contributed by atoms with van der Waals surface area (Å²) < 4.78 is 11.0. The molecule has 21 heavy (non-hydrogen) atoms. The Morgan fingerprint density at radius 3 is 3.00 bits per heavy atom. The topological polar surface area (TPSA) is 52.6 Å². The van der Waals surface area contributed by atoms with Crippen LogP contribution in [0.2, 0.25) is 0 Å². The molecule has 1 aliphatic carbocycles. The van der Waals surface area contributed by atoms with Gasteiger partial charge in [-0.05, 0) is 38.0 Å². The Morgan fingerprint density at radius 1 is 1.43 bits per heavy atom. The Kier molecular flexibility index (Phi) is 3.53. The number of carbonyl (C=O) groups excluding carboxylic acids is 2. The number of aryl methyl sites for hydroxylation is 1. The monoisotopic (exact) mass is 286 g/mol. The van der Waals surface area contributed by atoms with Gasteiger partial charge in [0.15, 0.2) is 5.78 Å². The van der Waals surface area contributed by atoms with Crippen LogP contribution < -0.4 is 4.74 Å². The van der Waals surface area contributed by atoms with Gasteiger partial charge in [0.25, 0.3) is 0 Å². The molecule has 3 rings (SSSR count). The van der Waals surface area contributed by atoms with E-state index < -0.39 is 0 Å². The summed E-state index contributed by atoms with van der Waals surface area (Å²) in [5, 5.41) is 0. The molecule has 0 bridgehead atoms. The van der Waals surface area contributed by atoms with Crippen LogP contribution in [-0.4, -0.2) is 24.5 Å². The Hall–Kier alpha value is -2.10. The molecule has 0 spiro atoms. The van der Waals surface area contributed by atoms with Crippen molar-refractivity contribution in [2.45, 2.75) is 32.8 Å². The van der Waals surface area contributed by atoms with E-state index in [0.29, 0.717) is 36.3 Å². The molecule has 0 saturated heterocycles. The first-order valence-corrected chi connectivity index (χ1v) is 7.27. The zero-order valence-electron chi connectivity index (χ0n) is 12.2. The second-order valence-corrected chi connectivity index (χ2v) is 5.52. The van der Waals surface area contributed by atoms with Gasteiger partial charge in [0.05, 0.1) is 18.1 Å². The van der Waals surface area contributed by atoms with Crippen molar-refractivity contribution in [1.29, 1.82) is 0 Å². The Morgan fingerprint density at radius 2 is 2.24 bits per heavy atom. The first-order chi connectivity index (χ1) is 10.1. The highest BCUT2D eigenvalue weighted by Crippen LogP contribution is 2.38. The third-order valence-electron chi connectivity index (χ3n) is 4.04. The van der Waals surface area contributed by atoms with Crippen molar-refractivity contribution in [2.75, 3.05) is 6.61 Å². The molecule has 2 aliphatic rings. The lowest BCUT2D eigenvalue weighted by Crippen LogP contribution is -2.40. The predicted molar refractivity (Wildman–Crippen MR) is 77.4 cm³/mol. The number of hydrogen-bond donors (Lipinski definition) is 0. The van der Waals surface area contributed by atoms with Crippen molar-refractivity contribution in [1.82, 2.24) is 0 Å². The molecule has 0 amide bonds. The normalized spacial score (nSPS) is 23.5. The van der Waals surface area contributed by atoms with Gasteiger partial charge < -0.3 is 9.47 Å². The van der Waals surface area contributed by atoms with Gasteiger partial charge >= 0.3 is 5.97 Å². The summed E-state index contributed by atoms with van der Waals surface area (Å²) in [4.78, 5) is 24.5. The van der Waals surface area contributed by atoms with Crippen molar-refractivity contribution in [3.05, 3.63) is 41.0 Å². The Labute approximate surface area is 123 Å². The van der Waals surface area contributed by atoms with Crippen LogP contribution in [0.3, 0.4) is 0 Å². The van der Waals surface area contributed by atoms with Gasteiger partial charge in [-0.2, -0.15) is 0 Å². The summed E-state index contributed by atoms with van der Waals surface area (Å²) in [6.07, 6.45) is 2.63. The van der Waals surface area contributed by atoms with Gasteiger partial charge in [0, 0.05) is 12.0 Å². The van der Waals surface area contributed by atoms with Crippen LogP contribution in [0.15, 0.2) is 29.8 Å².